The minimum Gasteiger partial charge on any atom is -0.392 e. The van der Waals surface area contributed by atoms with Crippen LogP contribution in [0.4, 0.5) is 0 Å². The monoisotopic (exact) mass is 321 g/mol. The third-order valence-electron chi connectivity index (χ3n) is 4.06. The second-order valence-corrected chi connectivity index (χ2v) is 5.94. The first kappa shape index (κ1) is 16.4. The number of aliphatic hydroxyl groups excluding tert-OH is 1. The molecular formula is C20H23N3O. The molecule has 0 atom stereocenters. The van der Waals surface area contributed by atoms with E-state index in [4.69, 9.17) is 5.11 Å². The van der Waals surface area contributed by atoms with Gasteiger partial charge in [0.15, 0.2) is 0 Å². The summed E-state index contributed by atoms with van der Waals surface area (Å²) < 4.78 is 1.87. The first-order valence-corrected chi connectivity index (χ1v) is 8.23. The maximum Gasteiger partial charge on any atom is 0.0967 e. The lowest BCUT2D eigenvalue weighted by Crippen LogP contribution is -2.16. The summed E-state index contributed by atoms with van der Waals surface area (Å²) in [6.07, 6.45) is 3.04. The second kappa shape index (κ2) is 7.90. The van der Waals surface area contributed by atoms with Crippen molar-refractivity contribution in [2.75, 3.05) is 6.54 Å². The molecule has 0 unspecified atom stereocenters. The lowest BCUT2D eigenvalue weighted by atomic mass is 10.1. The van der Waals surface area contributed by atoms with Crippen LogP contribution in [-0.4, -0.2) is 21.4 Å². The van der Waals surface area contributed by atoms with E-state index in [1.807, 2.05) is 42.1 Å². The molecule has 0 amide bonds. The molecule has 4 nitrogen and oxygen atoms in total. The third-order valence-corrected chi connectivity index (χ3v) is 4.06. The highest BCUT2D eigenvalue weighted by Gasteiger charge is 2.09. The molecule has 4 heteroatoms. The van der Waals surface area contributed by atoms with Crippen molar-refractivity contribution in [1.82, 2.24) is 15.1 Å². The summed E-state index contributed by atoms with van der Waals surface area (Å²) in [5.41, 5.74) is 5.62. The van der Waals surface area contributed by atoms with Gasteiger partial charge in [0.05, 0.1) is 12.3 Å². The fourth-order valence-electron chi connectivity index (χ4n) is 2.77. The molecule has 0 aliphatic rings. The van der Waals surface area contributed by atoms with Gasteiger partial charge in [-0.3, -0.25) is 4.68 Å². The number of rotatable bonds is 7. The summed E-state index contributed by atoms with van der Waals surface area (Å²) in [7, 11) is 1.96. The molecular weight excluding hydrogens is 298 g/mol. The van der Waals surface area contributed by atoms with Crippen molar-refractivity contribution in [3.63, 3.8) is 0 Å². The highest BCUT2D eigenvalue weighted by molar-refractivity contribution is 5.62. The molecule has 0 saturated carbocycles. The molecule has 0 fully saturated rings. The van der Waals surface area contributed by atoms with Crippen LogP contribution in [0.25, 0.3) is 11.3 Å². The van der Waals surface area contributed by atoms with Crippen molar-refractivity contribution >= 4 is 0 Å². The normalized spacial score (nSPS) is 10.9. The van der Waals surface area contributed by atoms with Crippen LogP contribution in [-0.2, 0) is 26.6 Å². The SMILES string of the molecule is Cn1cc(CNCCc2ccc(CO)cc2)c(-c2ccccc2)n1. The number of aryl methyl sites for hydroxylation is 1. The smallest absolute Gasteiger partial charge is 0.0967 e. The van der Waals surface area contributed by atoms with Crippen LogP contribution in [0.3, 0.4) is 0 Å². The minimum atomic E-state index is 0.0990. The zero-order valence-electron chi connectivity index (χ0n) is 13.9. The molecule has 1 aromatic heterocycles. The average molecular weight is 321 g/mol. The van der Waals surface area contributed by atoms with Gasteiger partial charge in [0.2, 0.25) is 0 Å². The Kier molecular flexibility index (Phi) is 5.41. The van der Waals surface area contributed by atoms with E-state index in [0.717, 1.165) is 36.3 Å². The summed E-state index contributed by atoms with van der Waals surface area (Å²) in [6.45, 7) is 1.80. The van der Waals surface area contributed by atoms with E-state index in [9.17, 15) is 0 Å². The van der Waals surface area contributed by atoms with Crippen molar-refractivity contribution < 1.29 is 5.11 Å². The predicted molar refractivity (Wildman–Crippen MR) is 96.4 cm³/mol. The quantitative estimate of drug-likeness (QED) is 0.658. The van der Waals surface area contributed by atoms with E-state index in [-0.39, 0.29) is 6.61 Å². The van der Waals surface area contributed by atoms with Crippen LogP contribution in [0.2, 0.25) is 0 Å². The Morgan fingerprint density at radius 3 is 2.42 bits per heavy atom. The van der Waals surface area contributed by atoms with Gasteiger partial charge >= 0.3 is 0 Å². The van der Waals surface area contributed by atoms with Crippen LogP contribution in [0, 0.1) is 0 Å². The Balaban J connectivity index is 1.57. The summed E-state index contributed by atoms with van der Waals surface area (Å²) >= 11 is 0. The van der Waals surface area contributed by atoms with E-state index >= 15 is 0 Å². The minimum absolute atomic E-state index is 0.0990. The van der Waals surface area contributed by atoms with Crippen molar-refractivity contribution in [3.8, 4) is 11.3 Å². The van der Waals surface area contributed by atoms with Crippen molar-refractivity contribution in [1.29, 1.82) is 0 Å². The Bertz CT molecular complexity index is 763. The number of aromatic nitrogens is 2. The highest BCUT2D eigenvalue weighted by Crippen LogP contribution is 2.21. The molecule has 124 valence electrons. The van der Waals surface area contributed by atoms with Gasteiger partial charge in [-0.1, -0.05) is 54.6 Å². The van der Waals surface area contributed by atoms with Crippen molar-refractivity contribution in [3.05, 3.63) is 77.5 Å². The van der Waals surface area contributed by atoms with Crippen LogP contribution in [0.1, 0.15) is 16.7 Å². The van der Waals surface area contributed by atoms with Crippen molar-refractivity contribution in [2.24, 2.45) is 7.05 Å². The lowest BCUT2D eigenvalue weighted by molar-refractivity contribution is 0.282. The molecule has 0 bridgehead atoms. The molecule has 0 spiro atoms. The Hall–Kier alpha value is -2.43. The molecule has 2 aromatic carbocycles. The van der Waals surface area contributed by atoms with Gasteiger partial charge in [-0.05, 0) is 24.1 Å². The van der Waals surface area contributed by atoms with E-state index in [0.29, 0.717) is 0 Å². The summed E-state index contributed by atoms with van der Waals surface area (Å²) in [6, 6.07) is 18.4. The number of nitrogens with zero attached hydrogens (tertiary/aromatic N) is 2. The topological polar surface area (TPSA) is 50.1 Å². The average Bonchev–Trinajstić information content (AvgIpc) is 3.01. The third kappa shape index (κ3) is 4.10. The van der Waals surface area contributed by atoms with Gasteiger partial charge in [0, 0.05) is 30.9 Å². The molecule has 24 heavy (non-hydrogen) atoms. The zero-order valence-corrected chi connectivity index (χ0v) is 13.9. The van der Waals surface area contributed by atoms with Crippen LogP contribution in [0.5, 0.6) is 0 Å². The summed E-state index contributed by atoms with van der Waals surface area (Å²) in [4.78, 5) is 0. The molecule has 3 rings (SSSR count). The number of nitrogens with one attached hydrogen (secondary N) is 1. The van der Waals surface area contributed by atoms with E-state index in [1.54, 1.807) is 0 Å². The Labute approximate surface area is 142 Å². The summed E-state index contributed by atoms with van der Waals surface area (Å²) in [5, 5.41) is 17.2. The maximum atomic E-state index is 9.07. The molecule has 1 heterocycles. The number of hydrogen-bond donors (Lipinski definition) is 2. The van der Waals surface area contributed by atoms with Crippen LogP contribution < -0.4 is 5.32 Å². The van der Waals surface area contributed by atoms with E-state index < -0.39 is 0 Å². The Morgan fingerprint density at radius 1 is 1.00 bits per heavy atom. The van der Waals surface area contributed by atoms with Crippen LogP contribution in [0.15, 0.2) is 60.8 Å². The first-order chi connectivity index (χ1) is 11.8. The number of benzene rings is 2. The second-order valence-electron chi connectivity index (χ2n) is 5.94. The number of aliphatic hydroxyl groups is 1. The highest BCUT2D eigenvalue weighted by atomic mass is 16.3. The molecule has 0 saturated heterocycles. The van der Waals surface area contributed by atoms with Crippen molar-refractivity contribution in [2.45, 2.75) is 19.6 Å². The molecule has 3 aromatic rings. The molecule has 0 aliphatic carbocycles. The molecule has 0 aliphatic heterocycles. The van der Waals surface area contributed by atoms with E-state index in [1.165, 1.54) is 11.1 Å². The largest absolute Gasteiger partial charge is 0.392 e. The van der Waals surface area contributed by atoms with Gasteiger partial charge in [-0.15, -0.1) is 0 Å². The maximum absolute atomic E-state index is 9.07. The van der Waals surface area contributed by atoms with Gasteiger partial charge in [-0.2, -0.15) is 5.10 Å². The van der Waals surface area contributed by atoms with Gasteiger partial charge in [-0.25, -0.2) is 0 Å². The first-order valence-electron chi connectivity index (χ1n) is 8.23. The molecule has 0 radical (unpaired) electrons. The summed E-state index contributed by atoms with van der Waals surface area (Å²) in [5.74, 6) is 0. The molecule has 2 N–H and O–H groups in total. The fourth-order valence-corrected chi connectivity index (χ4v) is 2.77. The fraction of sp³-hybridized carbons (Fsp3) is 0.250. The standard InChI is InChI=1S/C20H23N3O/c1-23-14-19(20(22-23)18-5-3-2-4-6-18)13-21-12-11-16-7-9-17(15-24)10-8-16/h2-10,14,21,24H,11-13,15H2,1H3. The van der Waals surface area contributed by atoms with Gasteiger partial charge < -0.3 is 10.4 Å². The van der Waals surface area contributed by atoms with Crippen LogP contribution >= 0.6 is 0 Å². The zero-order chi connectivity index (χ0) is 16.8. The van der Waals surface area contributed by atoms with Gasteiger partial charge in [0.1, 0.15) is 0 Å². The van der Waals surface area contributed by atoms with Gasteiger partial charge in [0.25, 0.3) is 0 Å². The predicted octanol–water partition coefficient (Wildman–Crippen LogP) is 2.91. The number of hydrogen-bond acceptors (Lipinski definition) is 3. The lowest BCUT2D eigenvalue weighted by Gasteiger charge is -2.06. The van der Waals surface area contributed by atoms with E-state index in [2.05, 4.69) is 40.9 Å². The Morgan fingerprint density at radius 2 is 1.71 bits per heavy atom.